The second-order valence-electron chi connectivity index (χ2n) is 42.0. The largest absolute Gasteiger partial charge is 0.573 e. The molecule has 4 aliphatic rings. The number of aromatic nitrogens is 10. The van der Waals surface area contributed by atoms with E-state index in [4.69, 9.17) is 29.7 Å². The van der Waals surface area contributed by atoms with Gasteiger partial charge in [-0.25, -0.2) is 43.4 Å². The number of carbonyl (C=O) groups is 5. The molecule has 5 heterocycles. The minimum absolute atomic E-state index is 0.0302. The van der Waals surface area contributed by atoms with Crippen molar-refractivity contribution in [1.82, 2.24) is 47.8 Å². The Balaban J connectivity index is 0.000000136. The van der Waals surface area contributed by atoms with Gasteiger partial charge in [-0.15, -0.1) is 13.2 Å². The van der Waals surface area contributed by atoms with Gasteiger partial charge in [0.1, 0.15) is 17.4 Å². The van der Waals surface area contributed by atoms with Gasteiger partial charge in [-0.05, 0) is 289 Å². The predicted molar refractivity (Wildman–Crippen MR) is 557 cm³/mol. The molecule has 0 bridgehead atoms. The number of alkyl halides is 3. The molecule has 0 spiro atoms. The van der Waals surface area contributed by atoms with Crippen molar-refractivity contribution < 1.29 is 66.0 Å². The molecule has 145 heavy (non-hydrogen) atoms. The Labute approximate surface area is 843 Å². The fourth-order valence-corrected chi connectivity index (χ4v) is 19.6. The van der Waals surface area contributed by atoms with Crippen LogP contribution in [0.3, 0.4) is 0 Å². The Hall–Kier alpha value is -14.5. The quantitative estimate of drug-likeness (QED) is 0.0218. The number of hydrogen-bond donors (Lipinski definition) is 8. The van der Waals surface area contributed by atoms with Crippen molar-refractivity contribution in [3.05, 3.63) is 290 Å². The topological polar surface area (TPSA) is 313 Å². The minimum atomic E-state index is -4.76. The fraction of sp³-hybridized carbons (Fsp3) is 0.363. The number of aliphatic hydroxyl groups is 3. The average Bonchev–Trinajstić information content (AvgIpc) is 1.63. The molecule has 5 amide bonds. The highest BCUT2D eigenvalue weighted by Crippen LogP contribution is 2.49. The van der Waals surface area contributed by atoms with Crippen LogP contribution in [-0.4, -0.2) is 99.0 Å². The summed E-state index contributed by atoms with van der Waals surface area (Å²) in [5, 5.41) is 47.6. The first-order chi connectivity index (χ1) is 68.4. The van der Waals surface area contributed by atoms with Crippen molar-refractivity contribution in [3.8, 4) is 17.1 Å². The van der Waals surface area contributed by atoms with Gasteiger partial charge in [0, 0.05) is 51.8 Å². The smallest absolute Gasteiger partial charge is 0.406 e. The summed E-state index contributed by atoms with van der Waals surface area (Å²) in [4.78, 5) is 93.7. The van der Waals surface area contributed by atoms with Gasteiger partial charge in [0.25, 0.3) is 0 Å². The lowest BCUT2D eigenvalue weighted by Gasteiger charge is -2.41. The van der Waals surface area contributed by atoms with Gasteiger partial charge in [0.05, 0.1) is 110 Å². The zero-order chi connectivity index (χ0) is 104. The van der Waals surface area contributed by atoms with Crippen LogP contribution in [-0.2, 0) is 57.4 Å². The van der Waals surface area contributed by atoms with Crippen molar-refractivity contribution in [2.45, 2.75) is 253 Å². The SMILES string of the molecule is Cc1ccc([C@@](C)(O)CC(=O)Nc2nc3ccc(C)cc3n2C2(C)CCC2)cc1.Cc1ccc2nc(NC(=O)CC(C)(C)C)n(-c3ccc(OC(F)(F)F)cc3)c2c1.Cc1ccc2nc(NC(=O)CC3(C)CCC3)n(-c3cc(F)cc(F)c3)c2c1.[C-]#[N+]c1ccc2nc(NC(=O)C[C@](C)(O)c3ccc(C)cc3)n(C3(C)CCC3)c2c1.[C-]#[N+]c1ccc2nc(NC(=O)C[C@](C)(O)c3ccccc3Cl)n(C3(C)CCC3)c2c1. The number of amides is 5. The molecule has 8 N–H and O–H groups in total. The number of carbonyl (C=O) groups excluding carboxylic acids is 5. The third-order valence-corrected chi connectivity index (χ3v) is 28.0. The number of ether oxygens (including phenoxy) is 1. The van der Waals surface area contributed by atoms with Crippen molar-refractivity contribution in [2.24, 2.45) is 10.8 Å². The maximum atomic E-state index is 13.8. The molecular formula is C113H121ClF5N17O9. The van der Waals surface area contributed by atoms with Crippen LogP contribution in [0.15, 0.2) is 206 Å². The van der Waals surface area contributed by atoms with E-state index in [9.17, 15) is 61.2 Å². The number of fused-ring (bicyclic) bond motifs is 5. The molecule has 19 rings (SSSR count). The summed E-state index contributed by atoms with van der Waals surface area (Å²) in [5.74, 6) is -0.853. The molecule has 10 aromatic carbocycles. The number of benzene rings is 10. The molecule has 0 saturated heterocycles. The molecular weight excluding hydrogens is 1870 g/mol. The Morgan fingerprint density at radius 2 is 0.724 bits per heavy atom. The van der Waals surface area contributed by atoms with Crippen molar-refractivity contribution >= 4 is 137 Å². The maximum Gasteiger partial charge on any atom is 0.573 e. The molecule has 4 fully saturated rings. The highest BCUT2D eigenvalue weighted by molar-refractivity contribution is 6.31. The lowest BCUT2D eigenvalue weighted by atomic mass is 9.68. The summed E-state index contributed by atoms with van der Waals surface area (Å²) < 4.78 is 78.4. The third kappa shape index (κ3) is 24.4. The molecule has 15 aromatic rings. The molecule has 754 valence electrons. The second-order valence-corrected chi connectivity index (χ2v) is 42.4. The van der Waals surface area contributed by atoms with E-state index in [1.807, 2.05) is 168 Å². The standard InChI is InChI=1S/C24H26N4O2.C24H29N3O2.C23H23ClN4O2.C21H22F3N3O2.C21H21F2N3O/c1-16-6-8-17(9-7-16)24(3,30)15-21(29)27-22-26-19-11-10-18(25-4)14-20(19)28(22)23(2)12-5-13-23;1-16-6-9-18(10-7-16)24(4,29)15-21(28)26-22-25-19-11-8-17(2)14-20(19)27(22)23(3)12-5-13-23;1-22(11-6-12-22)28-19-13-15(25-3)9-10-18(19)26-21(28)27-20(29)14-23(2,30)16-7-4-5-8-17(16)24;1-13-5-10-16-17(11-13)27(19(25-16)26-18(28)12-20(2,3)4)14-6-8-15(9-7-14)29-21(22,23)24;1-13-4-5-17-18(8-13)26(16-10-14(22)9-15(23)11-16)20(24-17)25-19(27)12-21(2)6-3-7-21/h6-11,14,30H,5,12-13,15H2,1-3H3,(H,26,27,29);6-11,14,29H,5,12-13,15H2,1-4H3,(H,25,26,28);4-5,7-10,13,30H,6,11-12,14H2,1-2H3,(H,26,27,29);5-11H,12H2,1-4H3,(H,25,26,28);4-5,8-11H,3,6-7,12H2,1-2H3,(H,24,25,27)/t2*24-;23-;;/m000../s1. The molecule has 0 aliphatic heterocycles. The molecule has 0 unspecified atom stereocenters. The molecule has 26 nitrogen and oxygen atoms in total. The summed E-state index contributed by atoms with van der Waals surface area (Å²) in [6.45, 7) is 43.9. The molecule has 4 saturated carbocycles. The summed E-state index contributed by atoms with van der Waals surface area (Å²) in [6.07, 6.45) is 8.35. The monoisotopic (exact) mass is 1990 g/mol. The van der Waals surface area contributed by atoms with E-state index in [0.717, 1.165) is 143 Å². The van der Waals surface area contributed by atoms with Crippen LogP contribution in [0.5, 0.6) is 5.75 Å². The van der Waals surface area contributed by atoms with Crippen molar-refractivity contribution in [3.63, 3.8) is 0 Å². The molecule has 0 radical (unpaired) electrons. The number of imidazole rings is 5. The van der Waals surface area contributed by atoms with E-state index in [-0.39, 0.29) is 93.6 Å². The van der Waals surface area contributed by atoms with E-state index < -0.39 is 34.8 Å². The Kier molecular flexibility index (Phi) is 30.1. The average molecular weight is 1990 g/mol. The minimum Gasteiger partial charge on any atom is -0.406 e. The Morgan fingerprint density at radius 3 is 1.09 bits per heavy atom. The van der Waals surface area contributed by atoms with E-state index in [0.29, 0.717) is 86.4 Å². The number of hydrogen-bond acceptors (Lipinski definition) is 14. The summed E-state index contributed by atoms with van der Waals surface area (Å²) in [7, 11) is 0. The van der Waals surface area contributed by atoms with E-state index in [2.05, 4.69) is 111 Å². The van der Waals surface area contributed by atoms with E-state index in [1.165, 1.54) is 48.4 Å². The Morgan fingerprint density at radius 1 is 0.393 bits per heavy atom. The first-order valence-electron chi connectivity index (χ1n) is 48.5. The normalized spacial score (nSPS) is 15.9. The van der Waals surface area contributed by atoms with Crippen LogP contribution in [0.1, 0.15) is 223 Å². The Bertz CT molecular complexity index is 7480. The van der Waals surface area contributed by atoms with Gasteiger partial charge >= 0.3 is 6.36 Å². The van der Waals surface area contributed by atoms with Gasteiger partial charge in [-0.2, -0.15) is 0 Å². The van der Waals surface area contributed by atoms with Crippen LogP contribution in [0, 0.1) is 70.2 Å². The predicted octanol–water partition coefficient (Wildman–Crippen LogP) is 25.9. The lowest BCUT2D eigenvalue weighted by Crippen LogP contribution is -2.38. The number of anilines is 5. The molecule has 4 aliphatic carbocycles. The van der Waals surface area contributed by atoms with E-state index >= 15 is 0 Å². The number of nitrogens with one attached hydrogen (secondary N) is 5. The van der Waals surface area contributed by atoms with Crippen LogP contribution in [0.2, 0.25) is 5.02 Å². The third-order valence-electron chi connectivity index (χ3n) is 27.7. The first-order valence-corrected chi connectivity index (χ1v) is 48.9. The van der Waals surface area contributed by atoms with Crippen LogP contribution in [0.25, 0.3) is 76.2 Å². The van der Waals surface area contributed by atoms with E-state index in [1.54, 1.807) is 72.4 Å². The number of aryl methyl sites for hydroxylation is 5. The zero-order valence-electron chi connectivity index (χ0n) is 84.1. The second kappa shape index (κ2) is 41.7. The number of nitrogens with zero attached hydrogens (tertiary/aromatic N) is 12. The van der Waals surface area contributed by atoms with Crippen molar-refractivity contribution in [1.29, 1.82) is 0 Å². The van der Waals surface area contributed by atoms with Gasteiger partial charge in [-0.1, -0.05) is 154 Å². The number of rotatable bonds is 23. The molecule has 3 atom stereocenters. The van der Waals surface area contributed by atoms with Crippen molar-refractivity contribution in [2.75, 3.05) is 26.6 Å². The zero-order valence-corrected chi connectivity index (χ0v) is 84.8. The summed E-state index contributed by atoms with van der Waals surface area (Å²) in [6, 6.07) is 59.0. The highest BCUT2D eigenvalue weighted by Gasteiger charge is 2.43. The van der Waals surface area contributed by atoms with Gasteiger partial charge in [0.15, 0.2) is 11.4 Å². The summed E-state index contributed by atoms with van der Waals surface area (Å²) >= 11 is 6.21. The van der Waals surface area contributed by atoms with Gasteiger partial charge in [-0.3, -0.25) is 59.7 Å². The molecule has 5 aromatic heterocycles. The lowest BCUT2D eigenvalue weighted by molar-refractivity contribution is -0.274. The highest BCUT2D eigenvalue weighted by atomic mass is 35.5. The summed E-state index contributed by atoms with van der Waals surface area (Å²) in [5.41, 5.74) is 12.6. The maximum absolute atomic E-state index is 13.8. The number of halogens is 6. The van der Waals surface area contributed by atoms with Crippen LogP contribution < -0.4 is 31.3 Å². The fourth-order valence-electron chi connectivity index (χ4n) is 19.2. The molecule has 32 heteroatoms. The van der Waals surface area contributed by atoms with Crippen LogP contribution >= 0.6 is 11.6 Å². The van der Waals surface area contributed by atoms with Gasteiger partial charge < -0.3 is 33.8 Å². The first kappa shape index (κ1) is 105. The van der Waals surface area contributed by atoms with Gasteiger partial charge in [0.2, 0.25) is 59.3 Å². The van der Waals surface area contributed by atoms with Crippen LogP contribution in [0.4, 0.5) is 63.1 Å².